The summed E-state index contributed by atoms with van der Waals surface area (Å²) < 4.78 is 5.09. The van der Waals surface area contributed by atoms with E-state index in [-0.39, 0.29) is 6.61 Å². The van der Waals surface area contributed by atoms with Crippen molar-refractivity contribution in [2.75, 3.05) is 33.4 Å². The molecule has 1 heterocycles. The van der Waals surface area contributed by atoms with Gasteiger partial charge in [-0.15, -0.1) is 11.3 Å². The van der Waals surface area contributed by atoms with Crippen molar-refractivity contribution in [1.29, 1.82) is 5.26 Å². The van der Waals surface area contributed by atoms with E-state index in [1.54, 1.807) is 18.4 Å². The first-order chi connectivity index (χ1) is 9.80. The second-order valence-corrected chi connectivity index (χ2v) is 5.25. The maximum absolute atomic E-state index is 8.69. The van der Waals surface area contributed by atoms with Gasteiger partial charge in [-0.1, -0.05) is 11.8 Å². The van der Waals surface area contributed by atoms with E-state index in [1.807, 2.05) is 5.38 Å². The Balaban J connectivity index is 2.55. The molecule has 1 N–H and O–H groups in total. The van der Waals surface area contributed by atoms with Crippen molar-refractivity contribution in [2.24, 2.45) is 0 Å². The van der Waals surface area contributed by atoms with Crippen LogP contribution in [0.1, 0.15) is 23.3 Å². The quantitative estimate of drug-likeness (QED) is 0.743. The maximum Gasteiger partial charge on any atom is 0.0635 e. The van der Waals surface area contributed by atoms with Crippen LogP contribution in [0.25, 0.3) is 0 Å². The van der Waals surface area contributed by atoms with Gasteiger partial charge in [0.2, 0.25) is 0 Å². The lowest BCUT2D eigenvalue weighted by Gasteiger charge is -2.19. The number of methoxy groups -OCH3 is 1. The number of ether oxygens (including phenoxy) is 1. The Labute approximate surface area is 124 Å². The van der Waals surface area contributed by atoms with Crippen LogP contribution in [0.4, 0.5) is 0 Å². The summed E-state index contributed by atoms with van der Waals surface area (Å²) in [5, 5.41) is 19.4. The molecular weight excluding hydrogens is 272 g/mol. The number of rotatable bonds is 8. The Bertz CT molecular complexity index is 482. The molecular formula is C15H20N2O2S. The Morgan fingerprint density at radius 3 is 2.95 bits per heavy atom. The largest absolute Gasteiger partial charge is 0.395 e. The molecule has 1 aromatic heterocycles. The van der Waals surface area contributed by atoms with E-state index in [9.17, 15) is 0 Å². The first-order valence-corrected chi connectivity index (χ1v) is 7.43. The number of nitriles is 1. The van der Waals surface area contributed by atoms with Crippen LogP contribution >= 0.6 is 11.3 Å². The summed E-state index contributed by atoms with van der Waals surface area (Å²) in [6.07, 6.45) is 1.03. The summed E-state index contributed by atoms with van der Waals surface area (Å²) >= 11 is 1.67. The van der Waals surface area contributed by atoms with Gasteiger partial charge in [0.05, 0.1) is 19.3 Å². The molecule has 0 aromatic carbocycles. The normalized spacial score (nSPS) is 10.1. The molecule has 0 amide bonds. The lowest BCUT2D eigenvalue weighted by atomic mass is 10.3. The summed E-state index contributed by atoms with van der Waals surface area (Å²) in [5.74, 6) is 5.95. The third-order valence-electron chi connectivity index (χ3n) is 2.65. The van der Waals surface area contributed by atoms with E-state index in [2.05, 4.69) is 28.9 Å². The zero-order valence-corrected chi connectivity index (χ0v) is 12.6. The monoisotopic (exact) mass is 292 g/mol. The molecule has 0 atom stereocenters. The van der Waals surface area contributed by atoms with E-state index in [0.717, 1.165) is 25.2 Å². The number of hydrogen-bond donors (Lipinski definition) is 1. The van der Waals surface area contributed by atoms with Gasteiger partial charge in [-0.05, 0) is 6.07 Å². The van der Waals surface area contributed by atoms with E-state index in [1.165, 1.54) is 4.88 Å². The van der Waals surface area contributed by atoms with E-state index in [0.29, 0.717) is 19.4 Å². The van der Waals surface area contributed by atoms with Crippen LogP contribution in [0.5, 0.6) is 0 Å². The zero-order valence-electron chi connectivity index (χ0n) is 11.8. The zero-order chi connectivity index (χ0) is 14.6. The number of aliphatic hydroxyl groups is 1. The van der Waals surface area contributed by atoms with Crippen molar-refractivity contribution in [3.05, 3.63) is 21.9 Å². The summed E-state index contributed by atoms with van der Waals surface area (Å²) in [4.78, 5) is 3.44. The molecule has 0 aliphatic carbocycles. The molecule has 0 saturated carbocycles. The fraction of sp³-hybridized carbons (Fsp3) is 0.533. The molecule has 5 heteroatoms. The van der Waals surface area contributed by atoms with E-state index in [4.69, 9.17) is 15.1 Å². The second kappa shape index (κ2) is 10.4. The minimum atomic E-state index is 0.100. The standard InChI is InChI=1S/C15H20N2O2S/c1-19-10-8-17(7-4-6-16)12-15-11-14(13-20-15)5-2-3-9-18/h11,13,18H,3-4,7-10,12H2,1H3. The molecule has 0 saturated heterocycles. The van der Waals surface area contributed by atoms with Crippen molar-refractivity contribution >= 4 is 11.3 Å². The Kier molecular flexibility index (Phi) is 8.69. The highest BCUT2D eigenvalue weighted by Gasteiger charge is 2.07. The maximum atomic E-state index is 8.69. The SMILES string of the molecule is COCCN(CCC#N)Cc1cc(C#CCCO)cs1. The van der Waals surface area contributed by atoms with Crippen molar-refractivity contribution < 1.29 is 9.84 Å². The smallest absolute Gasteiger partial charge is 0.0635 e. The first kappa shape index (κ1) is 16.7. The highest BCUT2D eigenvalue weighted by molar-refractivity contribution is 7.10. The Hall–Kier alpha value is -1.37. The van der Waals surface area contributed by atoms with Crippen LogP contribution in [-0.4, -0.2) is 43.4 Å². The van der Waals surface area contributed by atoms with Crippen molar-refractivity contribution in [1.82, 2.24) is 4.90 Å². The number of thiophene rings is 1. The molecule has 0 aliphatic heterocycles. The third-order valence-corrected chi connectivity index (χ3v) is 3.58. The average molecular weight is 292 g/mol. The molecule has 0 aliphatic rings. The highest BCUT2D eigenvalue weighted by atomic mass is 32.1. The fourth-order valence-corrected chi connectivity index (χ4v) is 2.53. The van der Waals surface area contributed by atoms with Crippen LogP contribution in [0.15, 0.2) is 11.4 Å². The van der Waals surface area contributed by atoms with Crippen molar-refractivity contribution in [2.45, 2.75) is 19.4 Å². The topological polar surface area (TPSA) is 56.5 Å². The first-order valence-electron chi connectivity index (χ1n) is 6.55. The summed E-state index contributed by atoms with van der Waals surface area (Å²) in [6.45, 7) is 3.16. The second-order valence-electron chi connectivity index (χ2n) is 4.25. The fourth-order valence-electron chi connectivity index (χ4n) is 1.67. The molecule has 4 nitrogen and oxygen atoms in total. The summed E-state index contributed by atoms with van der Waals surface area (Å²) in [6, 6.07) is 4.25. The molecule has 0 fully saturated rings. The third kappa shape index (κ3) is 6.70. The van der Waals surface area contributed by atoms with Gasteiger partial charge in [-0.25, -0.2) is 0 Å². The molecule has 108 valence electrons. The van der Waals surface area contributed by atoms with E-state index < -0.39 is 0 Å². The highest BCUT2D eigenvalue weighted by Crippen LogP contribution is 2.16. The molecule has 0 bridgehead atoms. The van der Waals surface area contributed by atoms with Crippen molar-refractivity contribution in [3.63, 3.8) is 0 Å². The van der Waals surface area contributed by atoms with Crippen LogP contribution in [-0.2, 0) is 11.3 Å². The number of nitrogens with zero attached hydrogens (tertiary/aromatic N) is 2. The van der Waals surface area contributed by atoms with Gasteiger partial charge in [0.1, 0.15) is 0 Å². The van der Waals surface area contributed by atoms with Gasteiger partial charge in [0.15, 0.2) is 0 Å². The van der Waals surface area contributed by atoms with Gasteiger partial charge in [-0.2, -0.15) is 5.26 Å². The number of aliphatic hydroxyl groups excluding tert-OH is 1. The van der Waals surface area contributed by atoms with Gasteiger partial charge >= 0.3 is 0 Å². The predicted octanol–water partition coefficient (Wildman–Crippen LogP) is 1.84. The van der Waals surface area contributed by atoms with E-state index >= 15 is 0 Å². The molecule has 0 radical (unpaired) electrons. The summed E-state index contributed by atoms with van der Waals surface area (Å²) in [7, 11) is 1.68. The molecule has 0 spiro atoms. The van der Waals surface area contributed by atoms with Gasteiger partial charge in [-0.3, -0.25) is 4.90 Å². The minimum Gasteiger partial charge on any atom is -0.395 e. The lowest BCUT2D eigenvalue weighted by Crippen LogP contribution is -2.27. The van der Waals surface area contributed by atoms with Crippen LogP contribution in [0, 0.1) is 23.2 Å². The lowest BCUT2D eigenvalue weighted by molar-refractivity contribution is 0.146. The molecule has 1 aromatic rings. The number of hydrogen-bond acceptors (Lipinski definition) is 5. The summed E-state index contributed by atoms with van der Waals surface area (Å²) in [5.41, 5.74) is 0.991. The molecule has 1 rings (SSSR count). The van der Waals surface area contributed by atoms with Crippen molar-refractivity contribution in [3.8, 4) is 17.9 Å². The Morgan fingerprint density at radius 1 is 1.40 bits per heavy atom. The molecule has 0 unspecified atom stereocenters. The molecule has 20 heavy (non-hydrogen) atoms. The predicted molar refractivity (Wildman–Crippen MR) is 80.3 cm³/mol. The van der Waals surface area contributed by atoms with Gasteiger partial charge < -0.3 is 9.84 Å². The van der Waals surface area contributed by atoms with Crippen LogP contribution < -0.4 is 0 Å². The average Bonchev–Trinajstić information content (AvgIpc) is 2.89. The van der Waals surface area contributed by atoms with Crippen LogP contribution in [0.2, 0.25) is 0 Å². The van der Waals surface area contributed by atoms with Gasteiger partial charge in [0.25, 0.3) is 0 Å². The van der Waals surface area contributed by atoms with Crippen LogP contribution in [0.3, 0.4) is 0 Å². The van der Waals surface area contributed by atoms with Gasteiger partial charge in [0, 0.05) is 55.4 Å². The Morgan fingerprint density at radius 2 is 2.25 bits per heavy atom. The minimum absolute atomic E-state index is 0.100.